The first-order valence-electron chi connectivity index (χ1n) is 6.38. The molecule has 19 heavy (non-hydrogen) atoms. The lowest BCUT2D eigenvalue weighted by atomic mass is 10.0. The molecule has 1 rings (SSSR count). The molecular weight excluding hydrogens is 245 g/mol. The fraction of sp³-hybridized carbons (Fsp3) is 0.400. The first-order valence-corrected chi connectivity index (χ1v) is 6.38. The van der Waals surface area contributed by atoms with E-state index in [9.17, 15) is 14.3 Å². The Kier molecular flexibility index (Phi) is 6.22. The Morgan fingerprint density at radius 3 is 2.58 bits per heavy atom. The van der Waals surface area contributed by atoms with Crippen molar-refractivity contribution in [3.05, 3.63) is 41.7 Å². The molecule has 2 N–H and O–H groups in total. The van der Waals surface area contributed by atoms with Crippen LogP contribution in [-0.2, 0) is 4.79 Å². The zero-order valence-corrected chi connectivity index (χ0v) is 11.3. The van der Waals surface area contributed by atoms with Crippen LogP contribution in [0.1, 0.15) is 25.8 Å². The Balaban J connectivity index is 2.33. The van der Waals surface area contributed by atoms with E-state index in [1.807, 2.05) is 13.8 Å². The first-order chi connectivity index (χ1) is 8.99. The van der Waals surface area contributed by atoms with Crippen LogP contribution < -0.4 is 5.32 Å². The molecule has 0 saturated heterocycles. The molecule has 0 saturated carbocycles. The summed E-state index contributed by atoms with van der Waals surface area (Å²) in [6, 6.07) is 5.89. The third kappa shape index (κ3) is 6.15. The van der Waals surface area contributed by atoms with E-state index >= 15 is 0 Å². The molecule has 4 heteroatoms. The van der Waals surface area contributed by atoms with E-state index in [0.717, 1.165) is 5.56 Å². The van der Waals surface area contributed by atoms with Gasteiger partial charge in [-0.15, -0.1) is 0 Å². The molecule has 0 fully saturated rings. The molecule has 0 bridgehead atoms. The maximum absolute atomic E-state index is 12.7. The molecule has 1 amide bonds. The van der Waals surface area contributed by atoms with Crippen molar-refractivity contribution in [1.82, 2.24) is 5.32 Å². The van der Waals surface area contributed by atoms with Gasteiger partial charge in [-0.2, -0.15) is 0 Å². The second kappa shape index (κ2) is 7.69. The number of rotatable bonds is 6. The van der Waals surface area contributed by atoms with Gasteiger partial charge in [0.05, 0.1) is 6.10 Å². The van der Waals surface area contributed by atoms with Crippen molar-refractivity contribution in [3.63, 3.8) is 0 Å². The summed E-state index contributed by atoms with van der Waals surface area (Å²) in [4.78, 5) is 11.5. The van der Waals surface area contributed by atoms with E-state index in [1.54, 1.807) is 18.2 Å². The van der Waals surface area contributed by atoms with Gasteiger partial charge in [0.1, 0.15) is 5.82 Å². The van der Waals surface area contributed by atoms with Crippen molar-refractivity contribution in [2.75, 3.05) is 6.54 Å². The highest BCUT2D eigenvalue weighted by molar-refractivity contribution is 5.91. The number of carbonyl (C=O) groups is 1. The summed E-state index contributed by atoms with van der Waals surface area (Å²) in [7, 11) is 0. The molecular formula is C15H20FNO2. The summed E-state index contributed by atoms with van der Waals surface area (Å²) < 4.78 is 12.7. The largest absolute Gasteiger partial charge is 0.393 e. The lowest BCUT2D eigenvalue weighted by Crippen LogP contribution is -2.27. The van der Waals surface area contributed by atoms with E-state index in [4.69, 9.17) is 0 Å². The molecule has 1 unspecified atom stereocenters. The molecule has 0 heterocycles. The summed E-state index contributed by atoms with van der Waals surface area (Å²) in [5, 5.41) is 12.3. The van der Waals surface area contributed by atoms with Gasteiger partial charge < -0.3 is 10.4 Å². The minimum Gasteiger partial charge on any atom is -0.393 e. The number of amides is 1. The van der Waals surface area contributed by atoms with Gasteiger partial charge in [-0.05, 0) is 36.1 Å². The highest BCUT2D eigenvalue weighted by Crippen LogP contribution is 2.05. The molecule has 0 aromatic heterocycles. The normalized spacial score (nSPS) is 12.9. The zero-order chi connectivity index (χ0) is 14.3. The molecule has 0 aliphatic heterocycles. The minimum absolute atomic E-state index is 0.187. The summed E-state index contributed by atoms with van der Waals surface area (Å²) in [5.41, 5.74) is 0.763. The fourth-order valence-corrected chi connectivity index (χ4v) is 1.48. The molecule has 0 spiro atoms. The number of hydrogen-bond acceptors (Lipinski definition) is 2. The minimum atomic E-state index is -0.402. The predicted octanol–water partition coefficient (Wildman–Crippen LogP) is 2.36. The van der Waals surface area contributed by atoms with Gasteiger partial charge in [0.2, 0.25) is 5.91 Å². The maximum atomic E-state index is 12.7. The predicted molar refractivity (Wildman–Crippen MR) is 73.9 cm³/mol. The van der Waals surface area contributed by atoms with Crippen molar-refractivity contribution in [1.29, 1.82) is 0 Å². The molecule has 1 atom stereocenters. The average Bonchev–Trinajstić information content (AvgIpc) is 2.37. The highest BCUT2D eigenvalue weighted by atomic mass is 19.1. The summed E-state index contributed by atoms with van der Waals surface area (Å²) in [6.45, 7) is 4.30. The summed E-state index contributed by atoms with van der Waals surface area (Å²) in [6.07, 6.45) is 3.15. The van der Waals surface area contributed by atoms with E-state index in [-0.39, 0.29) is 17.6 Å². The molecule has 0 radical (unpaired) electrons. The molecule has 104 valence electrons. The lowest BCUT2D eigenvalue weighted by molar-refractivity contribution is -0.116. The number of aliphatic hydroxyl groups is 1. The van der Waals surface area contributed by atoms with Crippen LogP contribution in [0.4, 0.5) is 4.39 Å². The number of aliphatic hydroxyl groups excluding tert-OH is 1. The number of hydrogen-bond donors (Lipinski definition) is 2. The second-order valence-corrected chi connectivity index (χ2v) is 4.78. The number of halogens is 1. The molecule has 0 aliphatic carbocycles. The van der Waals surface area contributed by atoms with E-state index in [1.165, 1.54) is 18.2 Å². The van der Waals surface area contributed by atoms with E-state index < -0.39 is 6.10 Å². The Morgan fingerprint density at radius 1 is 1.37 bits per heavy atom. The number of carbonyl (C=O) groups excluding carboxylic acids is 1. The Morgan fingerprint density at radius 2 is 2.00 bits per heavy atom. The van der Waals surface area contributed by atoms with Crippen molar-refractivity contribution in [2.45, 2.75) is 26.4 Å². The molecule has 0 aliphatic rings. The van der Waals surface area contributed by atoms with Gasteiger partial charge in [0, 0.05) is 12.6 Å². The topological polar surface area (TPSA) is 49.3 Å². The smallest absolute Gasteiger partial charge is 0.244 e. The van der Waals surface area contributed by atoms with Crippen molar-refractivity contribution in [3.8, 4) is 0 Å². The third-order valence-electron chi connectivity index (χ3n) is 2.81. The van der Waals surface area contributed by atoms with E-state index in [0.29, 0.717) is 13.0 Å². The fourth-order valence-electron chi connectivity index (χ4n) is 1.48. The van der Waals surface area contributed by atoms with Crippen LogP contribution in [0.15, 0.2) is 30.3 Å². The van der Waals surface area contributed by atoms with Gasteiger partial charge in [-0.3, -0.25) is 4.79 Å². The number of nitrogens with one attached hydrogen (secondary N) is 1. The Hall–Kier alpha value is -1.68. The van der Waals surface area contributed by atoms with Gasteiger partial charge in [0.15, 0.2) is 0 Å². The highest BCUT2D eigenvalue weighted by Gasteiger charge is 2.08. The SMILES string of the molecule is CC(C)C(O)CCNC(=O)C=Cc1ccc(F)cc1. The average molecular weight is 265 g/mol. The van der Waals surface area contributed by atoms with Crippen LogP contribution in [0, 0.1) is 11.7 Å². The Bertz CT molecular complexity index is 426. The lowest BCUT2D eigenvalue weighted by Gasteiger charge is -2.13. The summed E-state index contributed by atoms with van der Waals surface area (Å²) >= 11 is 0. The van der Waals surface area contributed by atoms with Gasteiger partial charge in [-0.25, -0.2) is 4.39 Å². The van der Waals surface area contributed by atoms with Crippen LogP contribution in [0.5, 0.6) is 0 Å². The summed E-state index contributed by atoms with van der Waals surface area (Å²) in [5.74, 6) is -0.337. The molecule has 1 aromatic carbocycles. The monoisotopic (exact) mass is 265 g/mol. The van der Waals surface area contributed by atoms with Crippen LogP contribution in [0.2, 0.25) is 0 Å². The van der Waals surface area contributed by atoms with Crippen LogP contribution in [0.3, 0.4) is 0 Å². The maximum Gasteiger partial charge on any atom is 0.244 e. The van der Waals surface area contributed by atoms with Crippen molar-refractivity contribution < 1.29 is 14.3 Å². The van der Waals surface area contributed by atoms with E-state index in [2.05, 4.69) is 5.32 Å². The van der Waals surface area contributed by atoms with Crippen LogP contribution >= 0.6 is 0 Å². The van der Waals surface area contributed by atoms with Gasteiger partial charge in [0.25, 0.3) is 0 Å². The molecule has 3 nitrogen and oxygen atoms in total. The molecule has 1 aromatic rings. The third-order valence-corrected chi connectivity index (χ3v) is 2.81. The first kappa shape index (κ1) is 15.4. The number of benzene rings is 1. The quantitative estimate of drug-likeness (QED) is 0.776. The van der Waals surface area contributed by atoms with Crippen molar-refractivity contribution >= 4 is 12.0 Å². The zero-order valence-electron chi connectivity index (χ0n) is 11.3. The second-order valence-electron chi connectivity index (χ2n) is 4.78. The standard InChI is InChI=1S/C15H20FNO2/c1-11(2)14(18)9-10-17-15(19)8-5-12-3-6-13(16)7-4-12/h3-8,11,14,18H,9-10H2,1-2H3,(H,17,19). The van der Waals surface area contributed by atoms with Crippen LogP contribution in [-0.4, -0.2) is 23.7 Å². The van der Waals surface area contributed by atoms with Crippen molar-refractivity contribution in [2.24, 2.45) is 5.92 Å². The van der Waals surface area contributed by atoms with Crippen LogP contribution in [0.25, 0.3) is 6.08 Å². The van der Waals surface area contributed by atoms with Gasteiger partial charge >= 0.3 is 0 Å². The Labute approximate surface area is 113 Å². The van der Waals surface area contributed by atoms with Gasteiger partial charge in [-0.1, -0.05) is 26.0 Å².